The lowest BCUT2D eigenvalue weighted by molar-refractivity contribution is -0.157. The zero-order valence-corrected chi connectivity index (χ0v) is 21.4. The van der Waals surface area contributed by atoms with Gasteiger partial charge in [-0.05, 0) is 38.5 Å². The maximum absolute atomic E-state index is 14.2. The molecule has 4 aliphatic rings. The smallest absolute Gasteiger partial charge is 0.312 e. The van der Waals surface area contributed by atoms with Crippen LogP contribution in [0.1, 0.15) is 59.8 Å². The third-order valence-corrected chi connectivity index (χ3v) is 8.12. The average molecular weight is 489 g/mol. The van der Waals surface area contributed by atoms with Crippen molar-refractivity contribution in [2.75, 3.05) is 19.8 Å². The molecule has 0 aromatic rings. The van der Waals surface area contributed by atoms with Gasteiger partial charge in [-0.15, -0.1) is 0 Å². The molecule has 8 nitrogen and oxygen atoms in total. The number of esters is 1. The van der Waals surface area contributed by atoms with Gasteiger partial charge in [-0.2, -0.15) is 0 Å². The predicted octanol–water partition coefficient (Wildman–Crippen LogP) is 2.45. The highest BCUT2D eigenvalue weighted by molar-refractivity contribution is 5.99. The minimum absolute atomic E-state index is 0.0121. The van der Waals surface area contributed by atoms with Crippen LogP contribution in [0.25, 0.3) is 0 Å². The Morgan fingerprint density at radius 2 is 1.91 bits per heavy atom. The first kappa shape index (κ1) is 25.9. The van der Waals surface area contributed by atoms with Crippen LogP contribution >= 0.6 is 0 Å². The fraction of sp³-hybridized carbons (Fsp3) is 0.741. The number of hydrogen-bond donors (Lipinski definition) is 1. The number of carbonyl (C=O) groups excluding carboxylic acids is 3. The summed E-state index contributed by atoms with van der Waals surface area (Å²) in [5, 5.41) is 10.3. The molecule has 0 radical (unpaired) electrons. The molecule has 7 atom stereocenters. The van der Waals surface area contributed by atoms with E-state index < -0.39 is 41.6 Å². The van der Waals surface area contributed by atoms with Crippen LogP contribution < -0.4 is 0 Å². The van der Waals surface area contributed by atoms with E-state index in [1.165, 1.54) is 4.90 Å². The molecule has 1 N–H and O–H groups in total. The van der Waals surface area contributed by atoms with Crippen LogP contribution in [-0.2, 0) is 23.9 Å². The molecule has 2 saturated heterocycles. The lowest BCUT2D eigenvalue weighted by atomic mass is 9.77. The molecule has 2 unspecified atom stereocenters. The number of fused-ring (bicyclic) bond motifs is 2. The first-order chi connectivity index (χ1) is 16.8. The van der Waals surface area contributed by atoms with E-state index in [1.807, 2.05) is 50.0 Å². The minimum atomic E-state index is -1.29. The van der Waals surface area contributed by atoms with E-state index in [-0.39, 0.29) is 30.4 Å². The summed E-state index contributed by atoms with van der Waals surface area (Å²) in [5.41, 5.74) is -1.29. The number of nitrogens with zero attached hydrogens (tertiary/aromatic N) is 2. The minimum Gasteiger partial charge on any atom is -0.465 e. The molecule has 0 aromatic heterocycles. The van der Waals surface area contributed by atoms with E-state index in [9.17, 15) is 19.5 Å². The van der Waals surface area contributed by atoms with E-state index in [4.69, 9.17) is 9.47 Å². The number of hydrogen-bond acceptors (Lipinski definition) is 6. The maximum Gasteiger partial charge on any atom is 0.312 e. The molecule has 0 aromatic carbocycles. The Labute approximate surface area is 208 Å². The number of rotatable bonds is 6. The summed E-state index contributed by atoms with van der Waals surface area (Å²) in [6.07, 6.45) is 11.2. The van der Waals surface area contributed by atoms with Crippen LogP contribution in [0.3, 0.4) is 0 Å². The topological polar surface area (TPSA) is 96.4 Å². The summed E-state index contributed by atoms with van der Waals surface area (Å²) in [6.45, 7) is 8.40. The Morgan fingerprint density at radius 3 is 2.60 bits per heavy atom. The monoisotopic (exact) mass is 488 g/mol. The van der Waals surface area contributed by atoms with E-state index in [2.05, 4.69) is 6.92 Å². The van der Waals surface area contributed by atoms with Gasteiger partial charge in [-0.3, -0.25) is 14.4 Å². The van der Waals surface area contributed by atoms with Crippen molar-refractivity contribution in [3.63, 3.8) is 0 Å². The van der Waals surface area contributed by atoms with E-state index in [0.29, 0.717) is 13.2 Å². The Kier molecular flexibility index (Phi) is 7.71. The number of ether oxygens (including phenoxy) is 2. The average Bonchev–Trinajstić information content (AvgIpc) is 3.20. The summed E-state index contributed by atoms with van der Waals surface area (Å²) in [6, 6.07) is -1.53. The molecule has 0 saturated carbocycles. The van der Waals surface area contributed by atoms with Gasteiger partial charge in [0.15, 0.2) is 0 Å². The normalized spacial score (nSPS) is 35.8. The second-order valence-electron chi connectivity index (χ2n) is 10.7. The van der Waals surface area contributed by atoms with Gasteiger partial charge in [0.2, 0.25) is 11.8 Å². The lowest BCUT2D eigenvalue weighted by Gasteiger charge is -2.41. The van der Waals surface area contributed by atoms with E-state index in [1.54, 1.807) is 0 Å². The zero-order valence-electron chi connectivity index (χ0n) is 21.4. The molecule has 194 valence electrons. The highest BCUT2D eigenvalue weighted by Gasteiger charge is 2.72. The molecule has 2 fully saturated rings. The predicted molar refractivity (Wildman–Crippen MR) is 130 cm³/mol. The molecule has 8 heteroatoms. The van der Waals surface area contributed by atoms with Crippen molar-refractivity contribution in [1.82, 2.24) is 9.80 Å². The van der Waals surface area contributed by atoms with Crippen LogP contribution in [-0.4, -0.2) is 82.3 Å². The molecular weight excluding hydrogens is 448 g/mol. The summed E-state index contributed by atoms with van der Waals surface area (Å²) in [5.74, 6) is -2.78. The van der Waals surface area contributed by atoms with Crippen LogP contribution in [0, 0.1) is 17.8 Å². The van der Waals surface area contributed by atoms with Gasteiger partial charge in [0.1, 0.15) is 17.6 Å². The molecule has 0 bridgehead atoms. The number of aliphatic hydroxyl groups excluding tert-OH is 1. The Morgan fingerprint density at radius 1 is 1.14 bits per heavy atom. The van der Waals surface area contributed by atoms with Crippen molar-refractivity contribution in [3.05, 3.63) is 24.3 Å². The van der Waals surface area contributed by atoms with Gasteiger partial charge in [0, 0.05) is 12.6 Å². The van der Waals surface area contributed by atoms with E-state index >= 15 is 0 Å². The van der Waals surface area contributed by atoms with Crippen molar-refractivity contribution in [3.8, 4) is 0 Å². The molecular formula is C27H40N2O6. The highest BCUT2D eigenvalue weighted by atomic mass is 16.6. The standard InChI is InChI=1S/C27H40N2O6/c1-5-11-18(4)28-14-10-13-27-22(21-20(35-27)12-8-6-7-9-15-34-26(21)33)24(31)29(23(27)25(28)32)19(16-30)17(2)3/h8,10,12-13,17-23,30H,5-7,9,11,14-16H2,1-4H3/b12-8-/t18?,19-,20+,21-,22-,23?,27-/m0/s1. The second-order valence-corrected chi connectivity index (χ2v) is 10.7. The first-order valence-electron chi connectivity index (χ1n) is 13.2. The van der Waals surface area contributed by atoms with E-state index in [0.717, 1.165) is 32.1 Å². The summed E-state index contributed by atoms with van der Waals surface area (Å²) < 4.78 is 12.2. The first-order valence-corrected chi connectivity index (χ1v) is 13.2. The highest BCUT2D eigenvalue weighted by Crippen LogP contribution is 2.54. The fourth-order valence-corrected chi connectivity index (χ4v) is 6.32. The van der Waals surface area contributed by atoms with Crippen molar-refractivity contribution < 1.29 is 29.0 Å². The van der Waals surface area contributed by atoms with Gasteiger partial charge >= 0.3 is 5.97 Å². The zero-order chi connectivity index (χ0) is 25.3. The van der Waals surface area contributed by atoms with Gasteiger partial charge in [-0.25, -0.2) is 0 Å². The van der Waals surface area contributed by atoms with Crippen LogP contribution in [0.5, 0.6) is 0 Å². The second kappa shape index (κ2) is 10.4. The van der Waals surface area contributed by atoms with Crippen LogP contribution in [0.4, 0.5) is 0 Å². The molecule has 1 spiro atoms. The summed E-state index contributed by atoms with van der Waals surface area (Å²) in [4.78, 5) is 45.0. The number of amides is 2. The van der Waals surface area contributed by atoms with Crippen LogP contribution in [0.2, 0.25) is 0 Å². The van der Waals surface area contributed by atoms with Gasteiger partial charge in [0.05, 0.1) is 31.3 Å². The maximum atomic E-state index is 14.2. The van der Waals surface area contributed by atoms with Gasteiger partial charge < -0.3 is 24.4 Å². The van der Waals surface area contributed by atoms with Crippen molar-refractivity contribution in [2.24, 2.45) is 17.8 Å². The number of allylic oxidation sites excluding steroid dienone is 1. The number of carbonyl (C=O) groups is 3. The Bertz CT molecular complexity index is 885. The molecule has 2 amide bonds. The quantitative estimate of drug-likeness (QED) is 0.456. The number of aliphatic hydroxyl groups is 1. The molecule has 4 aliphatic heterocycles. The van der Waals surface area contributed by atoms with Gasteiger partial charge in [-0.1, -0.05) is 51.5 Å². The summed E-state index contributed by atoms with van der Waals surface area (Å²) in [7, 11) is 0. The lowest BCUT2D eigenvalue weighted by Crippen LogP contribution is -2.60. The Balaban J connectivity index is 1.85. The third kappa shape index (κ3) is 4.33. The van der Waals surface area contributed by atoms with Crippen molar-refractivity contribution in [1.29, 1.82) is 0 Å². The Hall–Kier alpha value is -2.19. The third-order valence-electron chi connectivity index (χ3n) is 8.12. The van der Waals surface area contributed by atoms with Crippen LogP contribution in [0.15, 0.2) is 24.3 Å². The van der Waals surface area contributed by atoms with Crippen molar-refractivity contribution >= 4 is 17.8 Å². The fourth-order valence-electron chi connectivity index (χ4n) is 6.32. The number of likely N-dealkylation sites (tertiary alicyclic amines) is 1. The molecule has 4 rings (SSSR count). The summed E-state index contributed by atoms with van der Waals surface area (Å²) >= 11 is 0. The molecule has 4 heterocycles. The van der Waals surface area contributed by atoms with Crippen molar-refractivity contribution in [2.45, 2.75) is 89.6 Å². The molecule has 35 heavy (non-hydrogen) atoms. The largest absolute Gasteiger partial charge is 0.465 e. The number of cyclic esters (lactones) is 1. The molecule has 0 aliphatic carbocycles. The van der Waals surface area contributed by atoms with Gasteiger partial charge in [0.25, 0.3) is 0 Å². The SMILES string of the molecule is CCCC(C)N1CC=C[C@]23O[C@@H]4/C=C\CCCCOC(=O)[C@@H]4[C@H]2C(=O)N([C@@H](CO)C(C)C)C3C1=O.